The molecule has 0 unspecified atom stereocenters. The molecule has 4 fully saturated rings. The van der Waals surface area contributed by atoms with Gasteiger partial charge in [0.25, 0.3) is 6.43 Å². The summed E-state index contributed by atoms with van der Waals surface area (Å²) < 4.78 is 33.8. The number of pyridine rings is 1. The summed E-state index contributed by atoms with van der Waals surface area (Å²) in [4.78, 5) is 25.1. The van der Waals surface area contributed by atoms with Crippen molar-refractivity contribution >= 4 is 17.4 Å². The lowest BCUT2D eigenvalue weighted by Gasteiger charge is -2.50. The molecule has 1 spiro atoms. The van der Waals surface area contributed by atoms with Crippen LogP contribution in [0.1, 0.15) is 43.9 Å². The molecule has 35 heavy (non-hydrogen) atoms. The molecular weight excluding hydrogens is 452 g/mol. The highest BCUT2D eigenvalue weighted by atomic mass is 19.3. The maximum Gasteiger partial charge on any atom is 0.280 e. The molecule has 192 valence electrons. The minimum atomic E-state index is -2.58. The van der Waals surface area contributed by atoms with Crippen molar-refractivity contribution in [2.24, 2.45) is 5.41 Å². The van der Waals surface area contributed by atoms with Crippen molar-refractivity contribution in [2.45, 2.75) is 45.1 Å². The molecular formula is C26H37F2N5O2. The van der Waals surface area contributed by atoms with Gasteiger partial charge in [-0.25, -0.2) is 13.8 Å². The highest BCUT2D eigenvalue weighted by molar-refractivity contribution is 5.87. The third-order valence-electron chi connectivity index (χ3n) is 8.31. The Kier molecular flexibility index (Phi) is 6.99. The van der Waals surface area contributed by atoms with Crippen LogP contribution in [0, 0.1) is 5.41 Å². The van der Waals surface area contributed by atoms with Crippen molar-refractivity contribution in [3.05, 3.63) is 30.0 Å². The maximum absolute atomic E-state index is 14.2. The van der Waals surface area contributed by atoms with Crippen molar-refractivity contribution in [1.29, 1.82) is 0 Å². The Morgan fingerprint density at radius 3 is 2.40 bits per heavy atom. The predicted octanol–water partition coefficient (Wildman–Crippen LogP) is 3.11. The van der Waals surface area contributed by atoms with Gasteiger partial charge in [-0.2, -0.15) is 0 Å². The molecule has 1 aromatic heterocycles. The Labute approximate surface area is 206 Å². The second-order valence-electron chi connectivity index (χ2n) is 10.5. The summed E-state index contributed by atoms with van der Waals surface area (Å²) in [7, 11) is 0. The molecule has 1 aromatic rings. The predicted molar refractivity (Wildman–Crippen MR) is 132 cm³/mol. The van der Waals surface area contributed by atoms with E-state index in [1.54, 1.807) is 0 Å². The van der Waals surface area contributed by atoms with E-state index in [1.165, 1.54) is 6.08 Å². The number of piperazine rings is 1. The molecule has 4 aliphatic heterocycles. The fraction of sp³-hybridized carbons (Fsp3) is 0.692. The average molecular weight is 490 g/mol. The Bertz CT molecular complexity index is 930. The van der Waals surface area contributed by atoms with Crippen LogP contribution in [0.15, 0.2) is 18.7 Å². The van der Waals surface area contributed by atoms with E-state index in [1.807, 2.05) is 11.8 Å². The number of hydrogen-bond donors (Lipinski definition) is 0. The van der Waals surface area contributed by atoms with E-state index < -0.39 is 6.43 Å². The Morgan fingerprint density at radius 2 is 1.86 bits per heavy atom. The van der Waals surface area contributed by atoms with E-state index in [0.717, 1.165) is 77.4 Å². The van der Waals surface area contributed by atoms with Crippen LogP contribution < -0.4 is 9.80 Å². The zero-order chi connectivity index (χ0) is 24.6. The second-order valence-corrected chi connectivity index (χ2v) is 10.5. The molecule has 9 heteroatoms. The van der Waals surface area contributed by atoms with Gasteiger partial charge in [0.2, 0.25) is 5.91 Å². The Hall–Kier alpha value is -2.26. The Morgan fingerprint density at radius 1 is 1.17 bits per heavy atom. The van der Waals surface area contributed by atoms with Crippen molar-refractivity contribution in [3.8, 4) is 0 Å². The summed E-state index contributed by atoms with van der Waals surface area (Å²) >= 11 is 0. The van der Waals surface area contributed by atoms with E-state index in [0.29, 0.717) is 36.9 Å². The monoisotopic (exact) mass is 489 g/mol. The minimum absolute atomic E-state index is 0.0126. The summed E-state index contributed by atoms with van der Waals surface area (Å²) in [6.45, 7) is 13.6. The molecule has 4 aliphatic rings. The van der Waals surface area contributed by atoms with Crippen molar-refractivity contribution in [3.63, 3.8) is 0 Å². The molecule has 5 heterocycles. The number of alkyl halides is 2. The quantitative estimate of drug-likeness (QED) is 0.549. The van der Waals surface area contributed by atoms with Crippen molar-refractivity contribution in [2.75, 3.05) is 75.4 Å². The van der Waals surface area contributed by atoms with Gasteiger partial charge in [0.05, 0.1) is 13.2 Å². The third-order valence-corrected chi connectivity index (χ3v) is 8.31. The molecule has 0 saturated carbocycles. The highest BCUT2D eigenvalue weighted by Gasteiger charge is 2.42. The molecule has 0 atom stereocenters. The largest absolute Gasteiger partial charge is 0.380 e. The zero-order valence-electron chi connectivity index (χ0n) is 20.7. The SMILES string of the molecule is C=CC(=O)N1CCN(C2CN(c3cc(N4CCC5(CC4)COC5)nc(C(F)F)c3CCC)C2)CC1. The average Bonchev–Trinajstić information content (AvgIpc) is 2.83. The van der Waals surface area contributed by atoms with Gasteiger partial charge in [0.15, 0.2) is 0 Å². The first kappa shape index (κ1) is 24.4. The highest BCUT2D eigenvalue weighted by Crippen LogP contribution is 2.41. The van der Waals surface area contributed by atoms with Crippen LogP contribution in [0.2, 0.25) is 0 Å². The first-order chi connectivity index (χ1) is 16.9. The summed E-state index contributed by atoms with van der Waals surface area (Å²) in [6.07, 6.45) is 2.25. The van der Waals surface area contributed by atoms with Crippen LogP contribution in [0.25, 0.3) is 0 Å². The number of carbonyl (C=O) groups is 1. The first-order valence-electron chi connectivity index (χ1n) is 13.0. The van der Waals surface area contributed by atoms with E-state index in [9.17, 15) is 13.6 Å². The molecule has 0 bridgehead atoms. The van der Waals surface area contributed by atoms with E-state index >= 15 is 0 Å². The normalized spacial score (nSPS) is 22.9. The lowest BCUT2D eigenvalue weighted by molar-refractivity contribution is -0.128. The summed E-state index contributed by atoms with van der Waals surface area (Å²) in [6, 6.07) is 2.44. The fourth-order valence-corrected chi connectivity index (χ4v) is 5.90. The van der Waals surface area contributed by atoms with Crippen LogP contribution in [0.5, 0.6) is 0 Å². The van der Waals surface area contributed by atoms with Gasteiger partial charge in [-0.15, -0.1) is 0 Å². The number of halogens is 2. The standard InChI is InChI=1S/C26H37F2N5O2/c1-3-5-20-21(33-15-19(16-33)30-10-12-32(13-11-30)23(34)4-2)14-22(29-24(20)25(27)28)31-8-6-26(7-9-31)17-35-18-26/h4,14,19,25H,2-3,5-13,15-18H2,1H3. The number of aromatic nitrogens is 1. The van der Waals surface area contributed by atoms with Gasteiger partial charge in [-0.3, -0.25) is 9.69 Å². The number of nitrogens with zero attached hydrogens (tertiary/aromatic N) is 5. The molecule has 0 radical (unpaired) electrons. The van der Waals surface area contributed by atoms with E-state index in [2.05, 4.69) is 32.3 Å². The number of anilines is 2. The van der Waals surface area contributed by atoms with Gasteiger partial charge >= 0.3 is 0 Å². The summed E-state index contributed by atoms with van der Waals surface area (Å²) in [5.41, 5.74) is 1.87. The van der Waals surface area contributed by atoms with Crippen LogP contribution in [-0.4, -0.2) is 92.3 Å². The van der Waals surface area contributed by atoms with Gasteiger partial charge in [-0.05, 0) is 25.3 Å². The maximum atomic E-state index is 14.2. The second kappa shape index (κ2) is 10.0. The molecule has 1 amide bonds. The minimum Gasteiger partial charge on any atom is -0.380 e. The smallest absolute Gasteiger partial charge is 0.280 e. The summed E-state index contributed by atoms with van der Waals surface area (Å²) in [5, 5.41) is 0. The lowest BCUT2D eigenvalue weighted by atomic mass is 9.77. The van der Waals surface area contributed by atoms with Gasteiger partial charge in [0, 0.05) is 81.1 Å². The number of carbonyl (C=O) groups excluding carboxylic acids is 1. The number of amides is 1. The zero-order valence-corrected chi connectivity index (χ0v) is 20.7. The van der Waals surface area contributed by atoms with Gasteiger partial charge < -0.3 is 19.4 Å². The first-order valence-corrected chi connectivity index (χ1v) is 13.0. The molecule has 5 rings (SSSR count). The van der Waals surface area contributed by atoms with Crippen LogP contribution in [0.4, 0.5) is 20.3 Å². The van der Waals surface area contributed by atoms with Crippen LogP contribution in [0.3, 0.4) is 0 Å². The lowest BCUT2D eigenvalue weighted by Crippen LogP contribution is -2.63. The van der Waals surface area contributed by atoms with Gasteiger partial charge in [-0.1, -0.05) is 19.9 Å². The van der Waals surface area contributed by atoms with Crippen LogP contribution >= 0.6 is 0 Å². The fourth-order valence-electron chi connectivity index (χ4n) is 5.90. The molecule has 0 N–H and O–H groups in total. The number of rotatable bonds is 7. The van der Waals surface area contributed by atoms with Crippen molar-refractivity contribution < 1.29 is 18.3 Å². The molecule has 0 aromatic carbocycles. The van der Waals surface area contributed by atoms with Gasteiger partial charge in [0.1, 0.15) is 11.5 Å². The number of ether oxygens (including phenoxy) is 1. The van der Waals surface area contributed by atoms with E-state index in [4.69, 9.17) is 4.74 Å². The van der Waals surface area contributed by atoms with E-state index in [-0.39, 0.29) is 17.0 Å². The third kappa shape index (κ3) is 4.77. The summed E-state index contributed by atoms with van der Waals surface area (Å²) in [5.74, 6) is 0.673. The molecule has 4 saturated heterocycles. The number of piperidine rings is 1. The van der Waals surface area contributed by atoms with Crippen LogP contribution in [-0.2, 0) is 16.0 Å². The van der Waals surface area contributed by atoms with Crippen molar-refractivity contribution in [1.82, 2.24) is 14.8 Å². The number of hydrogen-bond acceptors (Lipinski definition) is 6. The molecule has 7 nitrogen and oxygen atoms in total. The molecule has 0 aliphatic carbocycles. The Balaban J connectivity index is 1.30. The topological polar surface area (TPSA) is 52.2 Å².